The third kappa shape index (κ3) is 6.96. The van der Waals surface area contributed by atoms with E-state index in [1.807, 2.05) is 11.6 Å². The van der Waals surface area contributed by atoms with Crippen LogP contribution in [-0.2, 0) is 6.54 Å². The Morgan fingerprint density at radius 1 is 1.25 bits per heavy atom. The zero-order valence-electron chi connectivity index (χ0n) is 10.5. The van der Waals surface area contributed by atoms with Gasteiger partial charge in [-0.15, -0.1) is 11.3 Å². The quantitative estimate of drug-likeness (QED) is 0.663. The lowest BCUT2D eigenvalue weighted by molar-refractivity contribution is 0.512. The Kier molecular flexibility index (Phi) is 7.43. The van der Waals surface area contributed by atoms with E-state index in [9.17, 15) is 0 Å². The second-order valence-corrected chi connectivity index (χ2v) is 5.68. The predicted molar refractivity (Wildman–Crippen MR) is 71.7 cm³/mol. The SMILES string of the molecule is CC(C)CCCCCCNCc1nccs1. The molecule has 1 heterocycles. The average Bonchev–Trinajstić information content (AvgIpc) is 2.74. The van der Waals surface area contributed by atoms with E-state index in [1.165, 1.54) is 37.1 Å². The molecule has 2 nitrogen and oxygen atoms in total. The van der Waals surface area contributed by atoms with Crippen molar-refractivity contribution in [2.45, 2.75) is 52.5 Å². The Balaban J connectivity index is 1.82. The van der Waals surface area contributed by atoms with E-state index < -0.39 is 0 Å². The van der Waals surface area contributed by atoms with Gasteiger partial charge >= 0.3 is 0 Å². The van der Waals surface area contributed by atoms with Gasteiger partial charge in [0.15, 0.2) is 0 Å². The van der Waals surface area contributed by atoms with Crippen molar-refractivity contribution < 1.29 is 0 Å². The molecule has 0 radical (unpaired) electrons. The summed E-state index contributed by atoms with van der Waals surface area (Å²) in [6, 6.07) is 0. The van der Waals surface area contributed by atoms with Crippen LogP contribution in [0.1, 0.15) is 51.0 Å². The second-order valence-electron chi connectivity index (χ2n) is 4.70. The molecule has 0 unspecified atom stereocenters. The molecule has 0 aromatic carbocycles. The van der Waals surface area contributed by atoms with Crippen LogP contribution < -0.4 is 5.32 Å². The summed E-state index contributed by atoms with van der Waals surface area (Å²) in [5.74, 6) is 0.864. The third-order valence-corrected chi connectivity index (χ3v) is 3.42. The van der Waals surface area contributed by atoms with Crippen LogP contribution in [0.4, 0.5) is 0 Å². The van der Waals surface area contributed by atoms with Crippen molar-refractivity contribution in [3.05, 3.63) is 16.6 Å². The highest BCUT2D eigenvalue weighted by atomic mass is 32.1. The Bertz CT molecular complexity index is 244. The number of hydrogen-bond donors (Lipinski definition) is 1. The van der Waals surface area contributed by atoms with Crippen LogP contribution in [0.2, 0.25) is 0 Å². The number of unbranched alkanes of at least 4 members (excludes halogenated alkanes) is 3. The standard InChI is InChI=1S/C13H24N2S/c1-12(2)7-5-3-4-6-8-14-11-13-15-9-10-16-13/h9-10,12,14H,3-8,11H2,1-2H3. The maximum Gasteiger partial charge on any atom is 0.106 e. The molecular weight excluding hydrogens is 216 g/mol. The maximum atomic E-state index is 4.24. The lowest BCUT2D eigenvalue weighted by atomic mass is 10.0. The fourth-order valence-corrected chi connectivity index (χ4v) is 2.28. The highest BCUT2D eigenvalue weighted by Crippen LogP contribution is 2.09. The molecule has 0 aliphatic rings. The molecule has 0 aliphatic heterocycles. The normalized spacial score (nSPS) is 11.2. The Labute approximate surface area is 103 Å². The van der Waals surface area contributed by atoms with E-state index in [-0.39, 0.29) is 0 Å². The van der Waals surface area contributed by atoms with Gasteiger partial charge in [-0.25, -0.2) is 4.98 Å². The molecule has 0 aliphatic carbocycles. The summed E-state index contributed by atoms with van der Waals surface area (Å²) < 4.78 is 0. The molecule has 92 valence electrons. The van der Waals surface area contributed by atoms with Gasteiger partial charge in [0.1, 0.15) is 5.01 Å². The van der Waals surface area contributed by atoms with E-state index in [0.717, 1.165) is 19.0 Å². The molecule has 3 heteroatoms. The van der Waals surface area contributed by atoms with Gasteiger partial charge in [0.05, 0.1) is 0 Å². The number of hydrogen-bond acceptors (Lipinski definition) is 3. The number of nitrogens with zero attached hydrogens (tertiary/aromatic N) is 1. The van der Waals surface area contributed by atoms with Gasteiger partial charge < -0.3 is 5.32 Å². The molecule has 1 rings (SSSR count). The Morgan fingerprint density at radius 2 is 2.06 bits per heavy atom. The van der Waals surface area contributed by atoms with Crippen molar-refractivity contribution in [2.75, 3.05) is 6.54 Å². The summed E-state index contributed by atoms with van der Waals surface area (Å²) >= 11 is 1.72. The minimum absolute atomic E-state index is 0.864. The lowest BCUT2D eigenvalue weighted by Crippen LogP contribution is -2.14. The van der Waals surface area contributed by atoms with E-state index in [4.69, 9.17) is 0 Å². The number of rotatable bonds is 9. The van der Waals surface area contributed by atoms with Crippen molar-refractivity contribution >= 4 is 11.3 Å². The Morgan fingerprint density at radius 3 is 2.75 bits per heavy atom. The minimum Gasteiger partial charge on any atom is -0.310 e. The summed E-state index contributed by atoms with van der Waals surface area (Å²) in [6.07, 6.45) is 8.68. The number of thiazole rings is 1. The van der Waals surface area contributed by atoms with E-state index >= 15 is 0 Å². The molecule has 1 aromatic heterocycles. The first-order valence-corrected chi connectivity index (χ1v) is 7.26. The molecule has 0 fully saturated rings. The van der Waals surface area contributed by atoms with Crippen molar-refractivity contribution in [1.29, 1.82) is 0 Å². The molecule has 1 N–H and O–H groups in total. The van der Waals surface area contributed by atoms with Gasteiger partial charge in [-0.05, 0) is 18.9 Å². The van der Waals surface area contributed by atoms with Gasteiger partial charge in [0.25, 0.3) is 0 Å². The number of aromatic nitrogens is 1. The summed E-state index contributed by atoms with van der Waals surface area (Å²) in [4.78, 5) is 4.24. The molecule has 1 aromatic rings. The third-order valence-electron chi connectivity index (χ3n) is 2.64. The van der Waals surface area contributed by atoms with Crippen LogP contribution in [-0.4, -0.2) is 11.5 Å². The molecule has 0 spiro atoms. The van der Waals surface area contributed by atoms with Crippen LogP contribution in [0, 0.1) is 5.92 Å². The first-order valence-electron chi connectivity index (χ1n) is 6.38. The molecule has 0 saturated heterocycles. The molecule has 0 amide bonds. The van der Waals surface area contributed by atoms with Crippen LogP contribution in [0.3, 0.4) is 0 Å². The van der Waals surface area contributed by atoms with Crippen molar-refractivity contribution in [1.82, 2.24) is 10.3 Å². The topological polar surface area (TPSA) is 24.9 Å². The van der Waals surface area contributed by atoms with Crippen molar-refractivity contribution in [3.8, 4) is 0 Å². The zero-order chi connectivity index (χ0) is 11.6. The van der Waals surface area contributed by atoms with E-state index in [0.29, 0.717) is 0 Å². The van der Waals surface area contributed by atoms with Gasteiger partial charge in [0.2, 0.25) is 0 Å². The molecular formula is C13H24N2S. The monoisotopic (exact) mass is 240 g/mol. The van der Waals surface area contributed by atoms with Gasteiger partial charge in [-0.2, -0.15) is 0 Å². The first kappa shape index (κ1) is 13.7. The second kappa shape index (κ2) is 8.71. The highest BCUT2D eigenvalue weighted by Gasteiger charge is 1.96. The first-order chi connectivity index (χ1) is 7.79. The van der Waals surface area contributed by atoms with E-state index in [1.54, 1.807) is 11.3 Å². The molecule has 0 saturated carbocycles. The van der Waals surface area contributed by atoms with Crippen LogP contribution in [0.25, 0.3) is 0 Å². The van der Waals surface area contributed by atoms with Crippen molar-refractivity contribution in [2.24, 2.45) is 5.92 Å². The van der Waals surface area contributed by atoms with Crippen LogP contribution in [0.15, 0.2) is 11.6 Å². The summed E-state index contributed by atoms with van der Waals surface area (Å²) in [7, 11) is 0. The van der Waals surface area contributed by atoms with Crippen molar-refractivity contribution in [3.63, 3.8) is 0 Å². The maximum absolute atomic E-state index is 4.24. The molecule has 0 bridgehead atoms. The fraction of sp³-hybridized carbons (Fsp3) is 0.769. The van der Waals surface area contributed by atoms with E-state index in [2.05, 4.69) is 24.1 Å². The highest BCUT2D eigenvalue weighted by molar-refractivity contribution is 7.09. The zero-order valence-corrected chi connectivity index (χ0v) is 11.4. The Hall–Kier alpha value is -0.410. The largest absolute Gasteiger partial charge is 0.310 e. The average molecular weight is 240 g/mol. The summed E-state index contributed by atoms with van der Waals surface area (Å²) in [6.45, 7) is 6.66. The van der Waals surface area contributed by atoms with Crippen LogP contribution >= 0.6 is 11.3 Å². The van der Waals surface area contributed by atoms with Crippen LogP contribution in [0.5, 0.6) is 0 Å². The van der Waals surface area contributed by atoms with Gasteiger partial charge in [-0.1, -0.05) is 39.5 Å². The number of nitrogens with one attached hydrogen (secondary N) is 1. The smallest absolute Gasteiger partial charge is 0.106 e. The minimum atomic E-state index is 0.864. The van der Waals surface area contributed by atoms with Gasteiger partial charge in [-0.3, -0.25) is 0 Å². The molecule has 0 atom stereocenters. The predicted octanol–water partition coefficient (Wildman–Crippen LogP) is 3.84. The fourth-order valence-electron chi connectivity index (χ4n) is 1.69. The van der Waals surface area contributed by atoms with Gasteiger partial charge in [0, 0.05) is 18.1 Å². The lowest BCUT2D eigenvalue weighted by Gasteiger charge is -2.05. The summed E-state index contributed by atoms with van der Waals surface area (Å²) in [5, 5.41) is 6.66. The summed E-state index contributed by atoms with van der Waals surface area (Å²) in [5.41, 5.74) is 0. The molecule has 16 heavy (non-hydrogen) atoms.